The molecule has 0 fully saturated rings. The quantitative estimate of drug-likeness (QED) is 0.802. The Labute approximate surface area is 129 Å². The minimum absolute atomic E-state index is 0.114. The number of carbonyl (C=O) groups is 1. The number of aromatic nitrogens is 1. The van der Waals surface area contributed by atoms with Gasteiger partial charge in [0.05, 0.1) is 6.54 Å². The average Bonchev–Trinajstić information content (AvgIpc) is 2.42. The summed E-state index contributed by atoms with van der Waals surface area (Å²) in [5, 5.41) is 9.11. The molecule has 0 saturated heterocycles. The maximum absolute atomic E-state index is 11.5. The second kappa shape index (κ2) is 6.56. The smallest absolute Gasteiger partial charge is 0.339 e. The van der Waals surface area contributed by atoms with E-state index in [0.717, 1.165) is 3.57 Å². The molecule has 0 amide bonds. The lowest BCUT2D eigenvalue weighted by atomic mass is 10.2. The van der Waals surface area contributed by atoms with Gasteiger partial charge in [-0.15, -0.1) is 0 Å². The first-order valence-electron chi connectivity index (χ1n) is 5.89. The van der Waals surface area contributed by atoms with Gasteiger partial charge in [-0.25, -0.2) is 4.79 Å². The van der Waals surface area contributed by atoms with E-state index in [1.54, 1.807) is 36.5 Å². The summed E-state index contributed by atoms with van der Waals surface area (Å²) in [6.45, 7) is 0.593. The third-order valence-electron chi connectivity index (χ3n) is 2.66. The topological polar surface area (TPSA) is 68.5 Å². The summed E-state index contributed by atoms with van der Waals surface area (Å²) in [6, 6.07) is 9.84. The zero-order chi connectivity index (χ0) is 14.5. The molecule has 1 aromatic carbocycles. The third-order valence-corrected chi connectivity index (χ3v) is 3.33. The van der Waals surface area contributed by atoms with Crippen LogP contribution in [0.4, 0.5) is 0 Å². The van der Waals surface area contributed by atoms with Crippen LogP contribution in [-0.2, 0) is 6.54 Å². The van der Waals surface area contributed by atoms with Crippen molar-refractivity contribution in [2.75, 3.05) is 6.61 Å². The molecule has 5 nitrogen and oxygen atoms in total. The Kier molecular flexibility index (Phi) is 4.78. The Morgan fingerprint density at radius 3 is 2.80 bits per heavy atom. The van der Waals surface area contributed by atoms with Crippen LogP contribution in [0.1, 0.15) is 10.4 Å². The first kappa shape index (κ1) is 14.6. The van der Waals surface area contributed by atoms with Crippen LogP contribution in [0.3, 0.4) is 0 Å². The molecule has 0 aliphatic heterocycles. The van der Waals surface area contributed by atoms with Crippen LogP contribution in [0, 0.1) is 3.57 Å². The van der Waals surface area contributed by atoms with Crippen molar-refractivity contribution in [2.24, 2.45) is 0 Å². The zero-order valence-corrected chi connectivity index (χ0v) is 12.6. The van der Waals surface area contributed by atoms with E-state index in [9.17, 15) is 9.59 Å². The van der Waals surface area contributed by atoms with E-state index in [0.29, 0.717) is 12.3 Å². The van der Waals surface area contributed by atoms with Crippen LogP contribution >= 0.6 is 22.6 Å². The molecule has 0 radical (unpaired) electrons. The van der Waals surface area contributed by atoms with E-state index >= 15 is 0 Å². The molecule has 0 unspecified atom stereocenters. The summed E-state index contributed by atoms with van der Waals surface area (Å²) in [7, 11) is 0. The van der Waals surface area contributed by atoms with E-state index in [2.05, 4.69) is 0 Å². The number of hydrogen-bond acceptors (Lipinski definition) is 3. The molecule has 0 aliphatic carbocycles. The monoisotopic (exact) mass is 385 g/mol. The number of carboxylic acids is 1. The Morgan fingerprint density at radius 2 is 2.10 bits per heavy atom. The fourth-order valence-corrected chi connectivity index (χ4v) is 2.19. The molecule has 0 spiro atoms. The molecule has 2 aromatic rings. The van der Waals surface area contributed by atoms with Crippen molar-refractivity contribution >= 4 is 28.6 Å². The van der Waals surface area contributed by atoms with E-state index < -0.39 is 5.97 Å². The summed E-state index contributed by atoms with van der Waals surface area (Å²) in [5.74, 6) is -0.725. The summed E-state index contributed by atoms with van der Waals surface area (Å²) in [5.41, 5.74) is 0.00877. The Balaban J connectivity index is 2.07. The molecular formula is C14H12INO4. The number of nitrogens with zero attached hydrogens (tertiary/aromatic N) is 1. The fraction of sp³-hybridized carbons (Fsp3) is 0.143. The van der Waals surface area contributed by atoms with Crippen molar-refractivity contribution < 1.29 is 14.6 Å². The number of benzene rings is 1. The van der Waals surface area contributed by atoms with Gasteiger partial charge in [-0.2, -0.15) is 0 Å². The second-order valence-electron chi connectivity index (χ2n) is 4.03. The SMILES string of the molecule is O=C(O)c1cc(I)ccc1OCCn1ccccc1=O. The number of ether oxygens (including phenoxy) is 1. The third kappa shape index (κ3) is 3.60. The lowest BCUT2D eigenvalue weighted by molar-refractivity contribution is 0.0692. The van der Waals surface area contributed by atoms with E-state index in [-0.39, 0.29) is 17.7 Å². The van der Waals surface area contributed by atoms with Crippen LogP contribution in [0.15, 0.2) is 47.4 Å². The molecule has 1 aromatic heterocycles. The largest absolute Gasteiger partial charge is 0.491 e. The molecule has 0 saturated carbocycles. The van der Waals surface area contributed by atoms with Crippen molar-refractivity contribution in [3.05, 3.63) is 62.1 Å². The number of carboxylic acid groups (broad SMARTS) is 1. The summed E-state index contributed by atoms with van der Waals surface area (Å²) in [4.78, 5) is 22.6. The van der Waals surface area contributed by atoms with Crippen LogP contribution in [-0.4, -0.2) is 22.2 Å². The molecule has 1 N–H and O–H groups in total. The standard InChI is InChI=1S/C14H12INO4/c15-10-4-5-12(11(9-10)14(18)19)20-8-7-16-6-2-1-3-13(16)17/h1-6,9H,7-8H2,(H,18,19). The lowest BCUT2D eigenvalue weighted by Crippen LogP contribution is -2.21. The minimum atomic E-state index is -1.03. The minimum Gasteiger partial charge on any atom is -0.491 e. The van der Waals surface area contributed by atoms with Gasteiger partial charge in [0.2, 0.25) is 0 Å². The highest BCUT2D eigenvalue weighted by molar-refractivity contribution is 14.1. The summed E-state index contributed by atoms with van der Waals surface area (Å²) >= 11 is 2.04. The average molecular weight is 385 g/mol. The highest BCUT2D eigenvalue weighted by Gasteiger charge is 2.11. The molecule has 0 atom stereocenters. The van der Waals surface area contributed by atoms with Gasteiger partial charge in [0.1, 0.15) is 17.9 Å². The van der Waals surface area contributed by atoms with E-state index in [4.69, 9.17) is 9.84 Å². The normalized spacial score (nSPS) is 10.2. The first-order chi connectivity index (χ1) is 9.58. The predicted octanol–water partition coefficient (Wildman–Crippen LogP) is 2.23. The van der Waals surface area contributed by atoms with Crippen molar-refractivity contribution in [1.29, 1.82) is 0 Å². The number of aromatic carboxylic acids is 1. The van der Waals surface area contributed by atoms with Crippen molar-refractivity contribution in [2.45, 2.75) is 6.54 Å². The van der Waals surface area contributed by atoms with Crippen LogP contribution in [0.5, 0.6) is 5.75 Å². The van der Waals surface area contributed by atoms with Crippen LogP contribution < -0.4 is 10.3 Å². The van der Waals surface area contributed by atoms with Crippen molar-refractivity contribution in [3.8, 4) is 5.75 Å². The molecule has 0 bridgehead atoms. The summed E-state index contributed by atoms with van der Waals surface area (Å²) < 4.78 is 7.80. The highest BCUT2D eigenvalue weighted by Crippen LogP contribution is 2.21. The van der Waals surface area contributed by atoms with Gasteiger partial charge in [-0.05, 0) is 46.9 Å². The lowest BCUT2D eigenvalue weighted by Gasteiger charge is -2.10. The number of hydrogen-bond donors (Lipinski definition) is 1. The van der Waals surface area contributed by atoms with Crippen LogP contribution in [0.25, 0.3) is 0 Å². The molecule has 2 rings (SSSR count). The molecule has 1 heterocycles. The predicted molar refractivity (Wildman–Crippen MR) is 82.3 cm³/mol. The maximum atomic E-state index is 11.5. The molecule has 104 valence electrons. The van der Waals surface area contributed by atoms with Crippen molar-refractivity contribution in [1.82, 2.24) is 4.57 Å². The highest BCUT2D eigenvalue weighted by atomic mass is 127. The van der Waals surface area contributed by atoms with Crippen LogP contribution in [0.2, 0.25) is 0 Å². The van der Waals surface area contributed by atoms with E-state index in [1.165, 1.54) is 10.6 Å². The molecule has 6 heteroatoms. The zero-order valence-electron chi connectivity index (χ0n) is 10.5. The van der Waals surface area contributed by atoms with Gasteiger partial charge in [0, 0.05) is 15.8 Å². The Hall–Kier alpha value is -1.83. The van der Waals surface area contributed by atoms with Gasteiger partial charge in [0.15, 0.2) is 0 Å². The van der Waals surface area contributed by atoms with E-state index in [1.807, 2.05) is 22.6 Å². The van der Waals surface area contributed by atoms with Crippen molar-refractivity contribution in [3.63, 3.8) is 0 Å². The number of rotatable bonds is 5. The first-order valence-corrected chi connectivity index (χ1v) is 6.97. The van der Waals surface area contributed by atoms with Gasteiger partial charge in [0.25, 0.3) is 5.56 Å². The molecule has 20 heavy (non-hydrogen) atoms. The Bertz CT molecular complexity index is 681. The van der Waals surface area contributed by atoms with Gasteiger partial charge in [-0.3, -0.25) is 4.79 Å². The molecule has 0 aliphatic rings. The Morgan fingerprint density at radius 1 is 1.30 bits per heavy atom. The molecular weight excluding hydrogens is 373 g/mol. The second-order valence-corrected chi connectivity index (χ2v) is 5.27. The van der Waals surface area contributed by atoms with Gasteiger partial charge in [-0.1, -0.05) is 6.07 Å². The number of pyridine rings is 1. The number of halogens is 1. The maximum Gasteiger partial charge on any atom is 0.339 e. The summed E-state index contributed by atoms with van der Waals surface area (Å²) in [6.07, 6.45) is 1.66. The van der Waals surface area contributed by atoms with Gasteiger partial charge < -0.3 is 14.4 Å². The van der Waals surface area contributed by atoms with Gasteiger partial charge >= 0.3 is 5.97 Å². The fourth-order valence-electron chi connectivity index (χ4n) is 1.69.